The van der Waals surface area contributed by atoms with Crippen LogP contribution in [-0.4, -0.2) is 31.9 Å². The molecule has 1 heterocycles. The van der Waals surface area contributed by atoms with Crippen LogP contribution in [0.2, 0.25) is 0 Å². The van der Waals surface area contributed by atoms with Gasteiger partial charge in [-0.25, -0.2) is 0 Å². The van der Waals surface area contributed by atoms with Crippen molar-refractivity contribution < 1.29 is 9.47 Å². The average Bonchev–Trinajstić information content (AvgIpc) is 2.29. The Morgan fingerprint density at radius 1 is 1.13 bits per heavy atom. The third-order valence-electron chi connectivity index (χ3n) is 2.13. The molecule has 0 N–H and O–H groups in total. The summed E-state index contributed by atoms with van der Waals surface area (Å²) in [5.41, 5.74) is 1.16. The second-order valence-electron chi connectivity index (χ2n) is 3.38. The summed E-state index contributed by atoms with van der Waals surface area (Å²) in [5.74, 6) is 0. The third-order valence-corrected chi connectivity index (χ3v) is 2.13. The highest BCUT2D eigenvalue weighted by atomic mass is 16.5. The lowest BCUT2D eigenvalue weighted by Crippen LogP contribution is -2.03. The molecule has 0 bridgehead atoms. The van der Waals surface area contributed by atoms with Crippen LogP contribution in [0, 0.1) is 0 Å². The number of nitrogens with zero attached hydrogens (tertiary/aromatic N) is 1. The molecule has 0 radical (unpaired) electrons. The third kappa shape index (κ3) is 6.20. The number of hydrogen-bond acceptors (Lipinski definition) is 3. The van der Waals surface area contributed by atoms with Crippen molar-refractivity contribution in [3.05, 3.63) is 30.1 Å². The molecule has 0 aliphatic rings. The summed E-state index contributed by atoms with van der Waals surface area (Å²) >= 11 is 0. The van der Waals surface area contributed by atoms with Gasteiger partial charge in [0.05, 0.1) is 13.2 Å². The molecule has 0 spiro atoms. The van der Waals surface area contributed by atoms with E-state index in [1.54, 1.807) is 7.11 Å². The highest BCUT2D eigenvalue weighted by molar-refractivity contribution is 5.03. The Labute approximate surface area is 91.4 Å². The molecule has 0 saturated carbocycles. The number of rotatable bonds is 8. The van der Waals surface area contributed by atoms with Crippen LogP contribution < -0.4 is 0 Å². The van der Waals surface area contributed by atoms with E-state index in [1.807, 2.05) is 18.3 Å². The van der Waals surface area contributed by atoms with Crippen LogP contribution >= 0.6 is 0 Å². The Morgan fingerprint density at radius 2 is 2.07 bits per heavy atom. The zero-order valence-corrected chi connectivity index (χ0v) is 9.32. The number of unbranched alkanes of at least 4 members (excludes halogenated alkanes) is 1. The van der Waals surface area contributed by atoms with Crippen LogP contribution in [0.5, 0.6) is 0 Å². The first kappa shape index (κ1) is 12.1. The van der Waals surface area contributed by atoms with Gasteiger partial charge in [0.2, 0.25) is 0 Å². The molecule has 15 heavy (non-hydrogen) atoms. The van der Waals surface area contributed by atoms with Gasteiger partial charge in [0, 0.05) is 25.6 Å². The van der Waals surface area contributed by atoms with Gasteiger partial charge in [-0.1, -0.05) is 6.07 Å². The molecule has 3 nitrogen and oxygen atoms in total. The van der Waals surface area contributed by atoms with E-state index in [0.717, 1.165) is 31.6 Å². The van der Waals surface area contributed by atoms with Crippen molar-refractivity contribution >= 4 is 0 Å². The lowest BCUT2D eigenvalue weighted by atomic mass is 10.2. The molecule has 0 saturated heterocycles. The second-order valence-corrected chi connectivity index (χ2v) is 3.38. The van der Waals surface area contributed by atoms with Gasteiger partial charge in [0.25, 0.3) is 0 Å². The van der Waals surface area contributed by atoms with Gasteiger partial charge >= 0.3 is 0 Å². The molecule has 0 aromatic carbocycles. The Hall–Kier alpha value is -0.930. The Bertz CT molecular complexity index is 239. The average molecular weight is 209 g/mol. The summed E-state index contributed by atoms with van der Waals surface area (Å²) in [5, 5.41) is 0. The van der Waals surface area contributed by atoms with Crippen LogP contribution in [0.3, 0.4) is 0 Å². The molecule has 0 fully saturated rings. The van der Waals surface area contributed by atoms with Gasteiger partial charge in [-0.05, 0) is 31.4 Å². The van der Waals surface area contributed by atoms with Crippen molar-refractivity contribution in [2.45, 2.75) is 19.3 Å². The first-order valence-electron chi connectivity index (χ1n) is 5.40. The van der Waals surface area contributed by atoms with E-state index in [0.29, 0.717) is 13.2 Å². The summed E-state index contributed by atoms with van der Waals surface area (Å²) in [4.78, 5) is 4.27. The Morgan fingerprint density at radius 3 is 2.80 bits per heavy atom. The molecule has 0 amide bonds. The van der Waals surface area contributed by atoms with Gasteiger partial charge in [0.15, 0.2) is 0 Å². The minimum absolute atomic E-state index is 0.681. The van der Waals surface area contributed by atoms with E-state index in [2.05, 4.69) is 11.1 Å². The monoisotopic (exact) mass is 209 g/mol. The molecule has 0 atom stereocenters. The van der Waals surface area contributed by atoms with E-state index in [-0.39, 0.29) is 0 Å². The number of aromatic nitrogens is 1. The molecular formula is C12H19NO2. The number of ether oxygens (including phenoxy) is 2. The topological polar surface area (TPSA) is 31.4 Å². The molecule has 0 unspecified atom stereocenters. The number of methoxy groups -OCH3 is 1. The fourth-order valence-corrected chi connectivity index (χ4v) is 1.30. The predicted octanol–water partition coefficient (Wildman–Crippen LogP) is 2.07. The SMILES string of the molecule is COCCOCCCCc1ccccn1. The van der Waals surface area contributed by atoms with E-state index < -0.39 is 0 Å². The molecule has 84 valence electrons. The van der Waals surface area contributed by atoms with Gasteiger partial charge < -0.3 is 9.47 Å². The van der Waals surface area contributed by atoms with Gasteiger partial charge in [-0.2, -0.15) is 0 Å². The van der Waals surface area contributed by atoms with E-state index >= 15 is 0 Å². The lowest BCUT2D eigenvalue weighted by Gasteiger charge is -2.03. The number of pyridine rings is 1. The van der Waals surface area contributed by atoms with Crippen LogP contribution in [-0.2, 0) is 15.9 Å². The minimum Gasteiger partial charge on any atom is -0.382 e. The molecule has 1 aromatic rings. The van der Waals surface area contributed by atoms with Crippen molar-refractivity contribution in [1.82, 2.24) is 4.98 Å². The predicted molar refractivity (Wildman–Crippen MR) is 59.9 cm³/mol. The standard InChI is InChI=1S/C12H19NO2/c1-14-10-11-15-9-5-3-7-12-6-2-4-8-13-12/h2,4,6,8H,3,5,7,9-11H2,1H3. The highest BCUT2D eigenvalue weighted by Gasteiger charge is 1.93. The molecule has 1 aromatic heterocycles. The Balaban J connectivity index is 1.93. The normalized spacial score (nSPS) is 10.5. The summed E-state index contributed by atoms with van der Waals surface area (Å²) in [6.45, 7) is 2.19. The first-order chi connectivity index (χ1) is 7.43. The maximum absolute atomic E-state index is 5.37. The fraction of sp³-hybridized carbons (Fsp3) is 0.583. The van der Waals surface area contributed by atoms with Crippen LogP contribution in [0.25, 0.3) is 0 Å². The summed E-state index contributed by atoms with van der Waals surface area (Å²) < 4.78 is 10.2. The molecule has 3 heteroatoms. The van der Waals surface area contributed by atoms with Crippen molar-refractivity contribution in [1.29, 1.82) is 0 Å². The maximum Gasteiger partial charge on any atom is 0.0700 e. The quantitative estimate of drug-likeness (QED) is 0.614. The van der Waals surface area contributed by atoms with Crippen LogP contribution in [0.15, 0.2) is 24.4 Å². The summed E-state index contributed by atoms with van der Waals surface area (Å²) in [7, 11) is 1.68. The smallest absolute Gasteiger partial charge is 0.0700 e. The molecule has 0 aliphatic heterocycles. The van der Waals surface area contributed by atoms with Gasteiger partial charge in [-0.3, -0.25) is 4.98 Å². The summed E-state index contributed by atoms with van der Waals surface area (Å²) in [6, 6.07) is 6.03. The summed E-state index contributed by atoms with van der Waals surface area (Å²) in [6.07, 6.45) is 5.09. The fourth-order valence-electron chi connectivity index (χ4n) is 1.30. The van der Waals surface area contributed by atoms with Crippen molar-refractivity contribution in [2.75, 3.05) is 26.9 Å². The van der Waals surface area contributed by atoms with Gasteiger partial charge in [-0.15, -0.1) is 0 Å². The molecular weight excluding hydrogens is 190 g/mol. The largest absolute Gasteiger partial charge is 0.382 e. The highest BCUT2D eigenvalue weighted by Crippen LogP contribution is 2.01. The maximum atomic E-state index is 5.37. The number of aryl methyl sites for hydroxylation is 1. The van der Waals surface area contributed by atoms with Crippen molar-refractivity contribution in [3.8, 4) is 0 Å². The van der Waals surface area contributed by atoms with Crippen LogP contribution in [0.1, 0.15) is 18.5 Å². The second kappa shape index (κ2) is 8.38. The number of hydrogen-bond donors (Lipinski definition) is 0. The first-order valence-corrected chi connectivity index (χ1v) is 5.40. The van der Waals surface area contributed by atoms with E-state index in [9.17, 15) is 0 Å². The van der Waals surface area contributed by atoms with Crippen molar-refractivity contribution in [2.24, 2.45) is 0 Å². The van der Waals surface area contributed by atoms with Gasteiger partial charge in [0.1, 0.15) is 0 Å². The van der Waals surface area contributed by atoms with E-state index in [4.69, 9.17) is 9.47 Å². The molecule has 1 rings (SSSR count). The molecule has 0 aliphatic carbocycles. The zero-order valence-electron chi connectivity index (χ0n) is 9.32. The minimum atomic E-state index is 0.681. The van der Waals surface area contributed by atoms with Crippen molar-refractivity contribution in [3.63, 3.8) is 0 Å². The Kier molecular flexibility index (Phi) is 6.79. The van der Waals surface area contributed by atoms with E-state index in [1.165, 1.54) is 0 Å². The van der Waals surface area contributed by atoms with Crippen LogP contribution in [0.4, 0.5) is 0 Å². The lowest BCUT2D eigenvalue weighted by molar-refractivity contribution is 0.0688. The zero-order chi connectivity index (χ0) is 10.8.